The van der Waals surface area contributed by atoms with Crippen LogP contribution >= 0.6 is 11.3 Å². The van der Waals surface area contributed by atoms with Crippen molar-refractivity contribution in [1.82, 2.24) is 20.5 Å². The molecule has 2 aromatic heterocycles. The minimum Gasteiger partial charge on any atom is -0.355 e. The van der Waals surface area contributed by atoms with Gasteiger partial charge in [0.15, 0.2) is 0 Å². The van der Waals surface area contributed by atoms with E-state index >= 15 is 0 Å². The second kappa shape index (κ2) is 8.99. The maximum absolute atomic E-state index is 13.7. The van der Waals surface area contributed by atoms with Crippen LogP contribution in [0.15, 0.2) is 11.4 Å². The fourth-order valence-corrected chi connectivity index (χ4v) is 4.72. The van der Waals surface area contributed by atoms with Gasteiger partial charge in [-0.05, 0) is 33.4 Å². The summed E-state index contributed by atoms with van der Waals surface area (Å²) in [5.41, 5.74) is -0.601. The van der Waals surface area contributed by atoms with Crippen LogP contribution in [0.3, 0.4) is 0 Å². The average Bonchev–Trinajstić information content (AvgIpc) is 3.32. The normalized spacial score (nSPS) is 17.1. The maximum Gasteiger partial charge on any atom is 0.417 e. The van der Waals surface area contributed by atoms with Crippen LogP contribution in [0.2, 0.25) is 0 Å². The molecular formula is C20H26F3N5O2S. The number of fused-ring (bicyclic) bond motifs is 1. The molecule has 2 aromatic rings. The molecule has 2 N–H and O–H groups in total. The number of alkyl halides is 3. The number of likely N-dealkylation sites (N-methyl/N-ethyl adjacent to an activating group) is 1. The van der Waals surface area contributed by atoms with Gasteiger partial charge in [-0.15, -0.1) is 11.3 Å². The molecule has 1 aliphatic rings. The van der Waals surface area contributed by atoms with Crippen molar-refractivity contribution in [3.63, 3.8) is 0 Å². The standard InChI is InChI=1S/C20H26F3N5O2S/c1-11(2)25-16(29)9-27(4)12-5-6-28(8-12)15-7-14(20(21,22)23)18-17(26-15)13(10-31-18)19(30)24-3/h7,10-12H,5-6,8-9H2,1-4H3,(H,24,30)(H,25,29). The summed E-state index contributed by atoms with van der Waals surface area (Å²) < 4.78 is 41.2. The molecule has 0 saturated carbocycles. The molecule has 1 unspecified atom stereocenters. The Balaban J connectivity index is 1.87. The number of halogens is 3. The van der Waals surface area contributed by atoms with Gasteiger partial charge < -0.3 is 15.5 Å². The Hall–Kier alpha value is -2.40. The van der Waals surface area contributed by atoms with Crippen LogP contribution in [0.4, 0.5) is 19.0 Å². The second-order valence-corrected chi connectivity index (χ2v) is 8.84. The first-order chi connectivity index (χ1) is 14.5. The van der Waals surface area contributed by atoms with E-state index in [9.17, 15) is 22.8 Å². The highest BCUT2D eigenvalue weighted by molar-refractivity contribution is 7.17. The number of carbonyl (C=O) groups is 2. The summed E-state index contributed by atoms with van der Waals surface area (Å²) in [5, 5.41) is 6.69. The lowest BCUT2D eigenvalue weighted by atomic mass is 10.1. The third kappa shape index (κ3) is 5.09. The van der Waals surface area contributed by atoms with Gasteiger partial charge in [0.2, 0.25) is 5.91 Å². The first kappa shape index (κ1) is 23.3. The van der Waals surface area contributed by atoms with E-state index in [0.29, 0.717) is 19.5 Å². The molecule has 1 saturated heterocycles. The highest BCUT2D eigenvalue weighted by atomic mass is 32.1. The van der Waals surface area contributed by atoms with Crippen LogP contribution in [0.5, 0.6) is 0 Å². The van der Waals surface area contributed by atoms with Gasteiger partial charge in [0.1, 0.15) is 5.82 Å². The zero-order valence-electron chi connectivity index (χ0n) is 17.8. The highest BCUT2D eigenvalue weighted by Gasteiger charge is 2.37. The second-order valence-electron chi connectivity index (χ2n) is 7.96. The molecule has 0 spiro atoms. The molecule has 0 bridgehead atoms. The molecule has 7 nitrogen and oxygen atoms in total. The van der Waals surface area contributed by atoms with Crippen molar-refractivity contribution < 1.29 is 22.8 Å². The van der Waals surface area contributed by atoms with Gasteiger partial charge in [0.05, 0.1) is 27.9 Å². The number of amides is 2. The van der Waals surface area contributed by atoms with Crippen molar-refractivity contribution in [2.24, 2.45) is 0 Å². The number of hydrogen-bond acceptors (Lipinski definition) is 6. The number of hydrogen-bond donors (Lipinski definition) is 2. The predicted molar refractivity (Wildman–Crippen MR) is 115 cm³/mol. The summed E-state index contributed by atoms with van der Waals surface area (Å²) in [6.07, 6.45) is -3.87. The molecule has 1 aliphatic heterocycles. The van der Waals surface area contributed by atoms with Gasteiger partial charge in [0.25, 0.3) is 5.91 Å². The van der Waals surface area contributed by atoms with Crippen LogP contribution < -0.4 is 15.5 Å². The minimum atomic E-state index is -4.56. The summed E-state index contributed by atoms with van der Waals surface area (Å²) >= 11 is 0.865. The number of nitrogens with zero attached hydrogens (tertiary/aromatic N) is 3. The Labute approximate surface area is 182 Å². The number of pyridine rings is 1. The molecule has 31 heavy (non-hydrogen) atoms. The van der Waals surface area contributed by atoms with Gasteiger partial charge in [-0.3, -0.25) is 14.5 Å². The number of aromatic nitrogens is 1. The van der Waals surface area contributed by atoms with Crippen molar-refractivity contribution in [3.05, 3.63) is 22.6 Å². The maximum atomic E-state index is 13.7. The van der Waals surface area contributed by atoms with E-state index in [4.69, 9.17) is 0 Å². The predicted octanol–water partition coefficient (Wildman–Crippen LogP) is 2.71. The Bertz CT molecular complexity index is 976. The van der Waals surface area contributed by atoms with Crippen LogP contribution in [0.25, 0.3) is 10.2 Å². The van der Waals surface area contributed by atoms with Crippen molar-refractivity contribution in [3.8, 4) is 0 Å². The lowest BCUT2D eigenvalue weighted by molar-refractivity contribution is -0.136. The van der Waals surface area contributed by atoms with E-state index in [1.54, 1.807) is 4.90 Å². The SMILES string of the molecule is CNC(=O)c1csc2c(C(F)(F)F)cc(N3CCC(N(C)CC(=O)NC(C)C)C3)nc12. The molecule has 1 atom stereocenters. The van der Waals surface area contributed by atoms with Gasteiger partial charge in [-0.25, -0.2) is 4.98 Å². The average molecular weight is 458 g/mol. The van der Waals surface area contributed by atoms with Crippen molar-refractivity contribution in [2.75, 3.05) is 38.6 Å². The number of carbonyl (C=O) groups excluding carboxylic acids is 2. The van der Waals surface area contributed by atoms with E-state index in [1.165, 1.54) is 12.4 Å². The van der Waals surface area contributed by atoms with Gasteiger partial charge in [0, 0.05) is 37.6 Å². The van der Waals surface area contributed by atoms with Gasteiger partial charge in [-0.1, -0.05) is 0 Å². The molecule has 0 aromatic carbocycles. The molecule has 3 heterocycles. The van der Waals surface area contributed by atoms with Crippen molar-refractivity contribution >= 4 is 39.2 Å². The first-order valence-electron chi connectivity index (χ1n) is 9.97. The Morgan fingerprint density at radius 1 is 1.39 bits per heavy atom. The van der Waals surface area contributed by atoms with E-state index in [1.807, 2.05) is 25.8 Å². The topological polar surface area (TPSA) is 77.6 Å². The van der Waals surface area contributed by atoms with E-state index in [0.717, 1.165) is 17.4 Å². The highest BCUT2D eigenvalue weighted by Crippen LogP contribution is 2.40. The van der Waals surface area contributed by atoms with E-state index < -0.39 is 17.6 Å². The van der Waals surface area contributed by atoms with Gasteiger partial charge in [-0.2, -0.15) is 13.2 Å². The number of nitrogens with one attached hydrogen (secondary N) is 2. The quantitative estimate of drug-likeness (QED) is 0.698. The number of anilines is 1. The van der Waals surface area contributed by atoms with E-state index in [-0.39, 0.29) is 46.1 Å². The van der Waals surface area contributed by atoms with Gasteiger partial charge >= 0.3 is 6.18 Å². The van der Waals surface area contributed by atoms with Crippen LogP contribution in [-0.4, -0.2) is 67.5 Å². The monoisotopic (exact) mass is 457 g/mol. The Morgan fingerprint density at radius 3 is 2.71 bits per heavy atom. The zero-order valence-corrected chi connectivity index (χ0v) is 18.7. The van der Waals surface area contributed by atoms with E-state index in [2.05, 4.69) is 15.6 Å². The molecule has 1 fully saturated rings. The largest absolute Gasteiger partial charge is 0.417 e. The summed E-state index contributed by atoms with van der Waals surface area (Å²) in [7, 11) is 3.26. The molecule has 11 heteroatoms. The smallest absolute Gasteiger partial charge is 0.355 e. The molecule has 0 aliphatic carbocycles. The molecule has 3 rings (SSSR count). The minimum absolute atomic E-state index is 0.00521. The number of rotatable bonds is 6. The third-order valence-electron chi connectivity index (χ3n) is 5.24. The molecular weight excluding hydrogens is 431 g/mol. The van der Waals surface area contributed by atoms with Crippen LogP contribution in [0, 0.1) is 0 Å². The molecule has 2 amide bonds. The molecule has 170 valence electrons. The third-order valence-corrected chi connectivity index (χ3v) is 6.24. The van der Waals surface area contributed by atoms with Crippen molar-refractivity contribution in [2.45, 2.75) is 38.5 Å². The number of thiophene rings is 1. The fraction of sp³-hybridized carbons (Fsp3) is 0.550. The Kier molecular flexibility index (Phi) is 6.75. The van der Waals surface area contributed by atoms with Crippen LogP contribution in [-0.2, 0) is 11.0 Å². The van der Waals surface area contributed by atoms with Crippen molar-refractivity contribution in [1.29, 1.82) is 0 Å². The Morgan fingerprint density at radius 2 is 2.10 bits per heavy atom. The summed E-state index contributed by atoms with van der Waals surface area (Å²) in [4.78, 5) is 32.3. The lowest BCUT2D eigenvalue weighted by Crippen LogP contribution is -2.43. The zero-order chi connectivity index (χ0) is 22.9. The molecule has 0 radical (unpaired) electrons. The summed E-state index contributed by atoms with van der Waals surface area (Å²) in [6.45, 7) is 4.93. The summed E-state index contributed by atoms with van der Waals surface area (Å²) in [5.74, 6) is -0.381. The van der Waals surface area contributed by atoms with Crippen LogP contribution in [0.1, 0.15) is 36.2 Å². The fourth-order valence-electron chi connectivity index (χ4n) is 3.70. The summed E-state index contributed by atoms with van der Waals surface area (Å²) in [6, 6.07) is 1.10. The first-order valence-corrected chi connectivity index (χ1v) is 10.8. The lowest BCUT2D eigenvalue weighted by Gasteiger charge is -2.25.